The van der Waals surface area contributed by atoms with Gasteiger partial charge in [-0.1, -0.05) is 41.9 Å². The fraction of sp³-hybridized carbons (Fsp3) is 0.409. The zero-order valence-corrected chi connectivity index (χ0v) is 16.5. The van der Waals surface area contributed by atoms with Crippen LogP contribution < -0.4 is 10.1 Å². The fourth-order valence-electron chi connectivity index (χ4n) is 3.94. The lowest BCUT2D eigenvalue weighted by Gasteiger charge is -2.35. The van der Waals surface area contributed by atoms with Crippen molar-refractivity contribution in [2.24, 2.45) is 0 Å². The molecule has 2 heterocycles. The minimum atomic E-state index is 0.0379. The summed E-state index contributed by atoms with van der Waals surface area (Å²) in [5.41, 5.74) is 1.15. The van der Waals surface area contributed by atoms with Gasteiger partial charge in [0.25, 0.3) is 0 Å². The van der Waals surface area contributed by atoms with Crippen LogP contribution in [0.4, 0.5) is 0 Å². The summed E-state index contributed by atoms with van der Waals surface area (Å²) in [6, 6.07) is 17.9. The van der Waals surface area contributed by atoms with Crippen molar-refractivity contribution < 1.29 is 14.3 Å². The van der Waals surface area contributed by atoms with Crippen LogP contribution in [0.2, 0.25) is 5.02 Å². The van der Waals surface area contributed by atoms with Gasteiger partial charge in [0.2, 0.25) is 5.91 Å². The number of hydrogen-bond acceptors (Lipinski definition) is 4. The van der Waals surface area contributed by atoms with Crippen molar-refractivity contribution in [1.82, 2.24) is 10.2 Å². The monoisotopic (exact) mass is 400 g/mol. The standard InChI is InChI=1S/C22H25ClN2O3/c23-17-8-6-16(7-9-17)21-14-25-13-18(12-19(25)15-28-21)24-22(26)10-11-27-20-4-2-1-3-5-20/h1-9,18-19,21H,10-15H2,(H,24,26)/t18-,19-,21+/m0/s1. The summed E-state index contributed by atoms with van der Waals surface area (Å²) in [5, 5.41) is 3.88. The molecule has 2 saturated heterocycles. The van der Waals surface area contributed by atoms with E-state index in [1.807, 2.05) is 54.6 Å². The third-order valence-corrected chi connectivity index (χ3v) is 5.62. The SMILES string of the molecule is O=C(CCOc1ccccc1)N[C@H]1C[C@H]2CO[C@@H](c3ccc(Cl)cc3)CN2C1. The molecule has 2 fully saturated rings. The van der Waals surface area contributed by atoms with E-state index in [4.69, 9.17) is 21.1 Å². The highest BCUT2D eigenvalue weighted by molar-refractivity contribution is 6.30. The van der Waals surface area contributed by atoms with Gasteiger partial charge in [0, 0.05) is 30.2 Å². The molecule has 0 radical (unpaired) electrons. The summed E-state index contributed by atoms with van der Waals surface area (Å²) >= 11 is 5.98. The molecular weight excluding hydrogens is 376 g/mol. The summed E-state index contributed by atoms with van der Waals surface area (Å²) in [7, 11) is 0. The highest BCUT2D eigenvalue weighted by Gasteiger charge is 2.38. The predicted octanol–water partition coefficient (Wildman–Crippen LogP) is 3.44. The van der Waals surface area contributed by atoms with E-state index in [1.54, 1.807) is 0 Å². The second-order valence-corrected chi connectivity index (χ2v) is 7.83. The molecule has 0 aliphatic carbocycles. The van der Waals surface area contributed by atoms with Crippen LogP contribution in [0.3, 0.4) is 0 Å². The van der Waals surface area contributed by atoms with E-state index in [0.29, 0.717) is 25.7 Å². The average Bonchev–Trinajstić information content (AvgIpc) is 3.10. The summed E-state index contributed by atoms with van der Waals surface area (Å²) < 4.78 is 11.7. The first-order valence-electron chi connectivity index (χ1n) is 9.76. The van der Waals surface area contributed by atoms with E-state index in [2.05, 4.69) is 10.2 Å². The normalized spacial score (nSPS) is 24.5. The first-order chi connectivity index (χ1) is 13.7. The van der Waals surface area contributed by atoms with Crippen molar-refractivity contribution in [3.05, 3.63) is 65.2 Å². The Hall–Kier alpha value is -2.08. The molecule has 4 rings (SSSR count). The predicted molar refractivity (Wildman–Crippen MR) is 109 cm³/mol. The molecule has 0 aromatic heterocycles. The molecule has 28 heavy (non-hydrogen) atoms. The van der Waals surface area contributed by atoms with Crippen molar-refractivity contribution in [3.63, 3.8) is 0 Å². The molecule has 0 saturated carbocycles. The first kappa shape index (κ1) is 19.2. The minimum Gasteiger partial charge on any atom is -0.493 e. The summed E-state index contributed by atoms with van der Waals surface area (Å²) in [5.74, 6) is 0.828. The smallest absolute Gasteiger partial charge is 0.223 e. The van der Waals surface area contributed by atoms with E-state index < -0.39 is 0 Å². The second kappa shape index (κ2) is 8.95. The molecule has 2 aliphatic rings. The lowest BCUT2D eigenvalue weighted by atomic mass is 10.1. The van der Waals surface area contributed by atoms with Crippen LogP contribution >= 0.6 is 11.6 Å². The van der Waals surface area contributed by atoms with E-state index in [0.717, 1.165) is 35.8 Å². The molecular formula is C22H25ClN2O3. The Morgan fingerprint density at radius 3 is 2.71 bits per heavy atom. The number of benzene rings is 2. The first-order valence-corrected chi connectivity index (χ1v) is 10.1. The maximum atomic E-state index is 12.3. The van der Waals surface area contributed by atoms with Gasteiger partial charge in [-0.3, -0.25) is 9.69 Å². The van der Waals surface area contributed by atoms with Crippen molar-refractivity contribution in [2.45, 2.75) is 31.0 Å². The summed E-state index contributed by atoms with van der Waals surface area (Å²) in [6.45, 7) is 2.79. The highest BCUT2D eigenvalue weighted by atomic mass is 35.5. The van der Waals surface area contributed by atoms with Gasteiger partial charge in [-0.25, -0.2) is 0 Å². The van der Waals surface area contributed by atoms with Gasteiger partial charge in [-0.15, -0.1) is 0 Å². The van der Waals surface area contributed by atoms with E-state index in [9.17, 15) is 4.79 Å². The van der Waals surface area contributed by atoms with Crippen molar-refractivity contribution >= 4 is 17.5 Å². The van der Waals surface area contributed by atoms with Gasteiger partial charge in [0.1, 0.15) is 5.75 Å². The highest BCUT2D eigenvalue weighted by Crippen LogP contribution is 2.30. The quantitative estimate of drug-likeness (QED) is 0.807. The summed E-state index contributed by atoms with van der Waals surface area (Å²) in [4.78, 5) is 14.7. The van der Waals surface area contributed by atoms with Gasteiger partial charge < -0.3 is 14.8 Å². The van der Waals surface area contributed by atoms with Gasteiger partial charge in [0.05, 0.1) is 25.7 Å². The fourth-order valence-corrected chi connectivity index (χ4v) is 4.06. The number of carbonyl (C=O) groups is 1. The minimum absolute atomic E-state index is 0.0379. The Kier molecular flexibility index (Phi) is 6.15. The molecule has 0 unspecified atom stereocenters. The zero-order chi connectivity index (χ0) is 19.3. The Morgan fingerprint density at radius 2 is 1.93 bits per heavy atom. The molecule has 2 aromatic rings. The maximum Gasteiger partial charge on any atom is 0.223 e. The number of nitrogens with one attached hydrogen (secondary N) is 1. The van der Waals surface area contributed by atoms with Crippen LogP contribution in [0.1, 0.15) is 24.5 Å². The Labute approximate surface area is 170 Å². The number of ether oxygens (including phenoxy) is 2. The van der Waals surface area contributed by atoms with Crippen LogP contribution in [0.15, 0.2) is 54.6 Å². The van der Waals surface area contributed by atoms with Crippen LogP contribution in [-0.2, 0) is 9.53 Å². The van der Waals surface area contributed by atoms with Crippen LogP contribution in [0.25, 0.3) is 0 Å². The number of hydrogen-bond donors (Lipinski definition) is 1. The number of carbonyl (C=O) groups excluding carboxylic acids is 1. The number of nitrogens with zero attached hydrogens (tertiary/aromatic N) is 1. The van der Waals surface area contributed by atoms with Crippen LogP contribution in [0.5, 0.6) is 5.75 Å². The number of halogens is 1. The number of amides is 1. The molecule has 0 spiro atoms. The average molecular weight is 401 g/mol. The molecule has 5 nitrogen and oxygen atoms in total. The Bertz CT molecular complexity index is 784. The Morgan fingerprint density at radius 1 is 1.14 bits per heavy atom. The molecule has 2 aliphatic heterocycles. The molecule has 0 bridgehead atoms. The number of morpholine rings is 1. The number of para-hydroxylation sites is 1. The largest absolute Gasteiger partial charge is 0.493 e. The van der Waals surface area contributed by atoms with Gasteiger partial charge >= 0.3 is 0 Å². The van der Waals surface area contributed by atoms with Crippen molar-refractivity contribution in [3.8, 4) is 5.75 Å². The van der Waals surface area contributed by atoms with Crippen LogP contribution in [0, 0.1) is 0 Å². The molecule has 1 N–H and O–H groups in total. The van der Waals surface area contributed by atoms with E-state index in [-0.39, 0.29) is 18.1 Å². The van der Waals surface area contributed by atoms with Gasteiger partial charge in [-0.05, 0) is 36.2 Å². The molecule has 2 aromatic carbocycles. The second-order valence-electron chi connectivity index (χ2n) is 7.39. The van der Waals surface area contributed by atoms with E-state index in [1.165, 1.54) is 0 Å². The number of fused-ring (bicyclic) bond motifs is 1. The van der Waals surface area contributed by atoms with Crippen molar-refractivity contribution in [1.29, 1.82) is 0 Å². The Balaban J connectivity index is 1.22. The van der Waals surface area contributed by atoms with Gasteiger partial charge in [-0.2, -0.15) is 0 Å². The lowest BCUT2D eigenvalue weighted by molar-refractivity contribution is -0.122. The summed E-state index contributed by atoms with van der Waals surface area (Å²) in [6.07, 6.45) is 1.35. The molecule has 6 heteroatoms. The van der Waals surface area contributed by atoms with Gasteiger partial charge in [0.15, 0.2) is 0 Å². The molecule has 1 amide bonds. The molecule has 3 atom stereocenters. The van der Waals surface area contributed by atoms with Crippen LogP contribution in [-0.4, -0.2) is 49.2 Å². The maximum absolute atomic E-state index is 12.3. The third kappa shape index (κ3) is 4.85. The zero-order valence-electron chi connectivity index (χ0n) is 15.7. The lowest BCUT2D eigenvalue weighted by Crippen LogP contribution is -2.43. The third-order valence-electron chi connectivity index (χ3n) is 5.37. The number of rotatable bonds is 6. The van der Waals surface area contributed by atoms with E-state index >= 15 is 0 Å². The topological polar surface area (TPSA) is 50.8 Å². The molecule has 148 valence electrons. The van der Waals surface area contributed by atoms with Crippen molar-refractivity contribution in [2.75, 3.05) is 26.3 Å².